The van der Waals surface area contributed by atoms with Crippen LogP contribution < -0.4 is 10.6 Å². The molecule has 3 N–H and O–H groups in total. The molecule has 0 aromatic heterocycles. The fraction of sp³-hybridized carbons (Fsp3) is 0.417. The molecule has 2 aliphatic rings. The zero-order chi connectivity index (χ0) is 21.8. The van der Waals surface area contributed by atoms with Crippen molar-refractivity contribution in [3.05, 3.63) is 59.7 Å². The summed E-state index contributed by atoms with van der Waals surface area (Å²) in [7, 11) is 0. The van der Waals surface area contributed by atoms with E-state index in [9.17, 15) is 14.7 Å². The quantitative estimate of drug-likeness (QED) is 0.704. The summed E-state index contributed by atoms with van der Waals surface area (Å²) in [5.41, 5.74) is 3.13. The van der Waals surface area contributed by atoms with Gasteiger partial charge in [0.2, 0.25) is 0 Å². The molecule has 1 saturated heterocycles. The third-order valence-electron chi connectivity index (χ3n) is 6.18. The molecule has 31 heavy (non-hydrogen) atoms. The number of carbonyl (C=O) groups excluding carboxylic acids is 2. The molecule has 2 aromatic carbocycles. The van der Waals surface area contributed by atoms with E-state index in [1.165, 1.54) is 0 Å². The minimum Gasteiger partial charge on any atom is -0.508 e. The number of rotatable bonds is 4. The Morgan fingerprint density at radius 3 is 2.58 bits per heavy atom. The Hall–Kier alpha value is -3.22. The number of phenols is 1. The third-order valence-corrected chi connectivity index (χ3v) is 6.18. The number of aromatic hydroxyl groups is 1. The molecule has 0 spiro atoms. The molecule has 1 fully saturated rings. The number of amides is 4. The first-order chi connectivity index (χ1) is 15.0. The van der Waals surface area contributed by atoms with Crippen molar-refractivity contribution in [2.75, 3.05) is 25.0 Å². The second kappa shape index (κ2) is 9.29. The number of nitrogens with zero attached hydrogens (tertiary/aromatic N) is 2. The zero-order valence-electron chi connectivity index (χ0n) is 17.9. The summed E-state index contributed by atoms with van der Waals surface area (Å²) in [5.74, 6) is 0.241. The van der Waals surface area contributed by atoms with Gasteiger partial charge in [0.1, 0.15) is 5.75 Å². The summed E-state index contributed by atoms with van der Waals surface area (Å²) in [6, 6.07) is 15.0. The molecule has 0 bridgehead atoms. The molecule has 1 atom stereocenters. The van der Waals surface area contributed by atoms with Crippen LogP contribution in [0.1, 0.15) is 30.9 Å². The number of benzene rings is 2. The number of nitrogens with one attached hydrogen (secondary N) is 2. The van der Waals surface area contributed by atoms with Crippen LogP contribution in [-0.2, 0) is 12.8 Å². The third kappa shape index (κ3) is 5.10. The monoisotopic (exact) mass is 422 g/mol. The van der Waals surface area contributed by atoms with Gasteiger partial charge in [-0.3, -0.25) is 0 Å². The van der Waals surface area contributed by atoms with Gasteiger partial charge in [-0.15, -0.1) is 0 Å². The van der Waals surface area contributed by atoms with Crippen molar-refractivity contribution in [1.29, 1.82) is 0 Å². The van der Waals surface area contributed by atoms with E-state index in [4.69, 9.17) is 0 Å². The van der Waals surface area contributed by atoms with Crippen LogP contribution in [-0.4, -0.2) is 58.7 Å². The number of anilines is 1. The molecule has 4 amide bonds. The summed E-state index contributed by atoms with van der Waals surface area (Å²) >= 11 is 0. The highest BCUT2D eigenvalue weighted by atomic mass is 16.3. The van der Waals surface area contributed by atoms with Gasteiger partial charge in [-0.1, -0.05) is 30.3 Å². The number of phenolic OH excluding ortho intramolecular Hbond substituents is 1. The first-order valence-corrected chi connectivity index (χ1v) is 11.0. The average Bonchev–Trinajstić information content (AvgIpc) is 2.93. The predicted octanol–water partition coefficient (Wildman–Crippen LogP) is 3.59. The Kier molecular flexibility index (Phi) is 6.30. The van der Waals surface area contributed by atoms with Crippen LogP contribution in [0, 0.1) is 0 Å². The van der Waals surface area contributed by atoms with E-state index in [1.54, 1.807) is 12.1 Å². The van der Waals surface area contributed by atoms with Gasteiger partial charge in [-0.05, 0) is 61.9 Å². The van der Waals surface area contributed by atoms with Crippen molar-refractivity contribution < 1.29 is 14.7 Å². The molecule has 7 heteroatoms. The maximum atomic E-state index is 12.7. The molecule has 4 rings (SSSR count). The maximum absolute atomic E-state index is 12.7. The van der Waals surface area contributed by atoms with Crippen molar-refractivity contribution in [1.82, 2.24) is 15.1 Å². The molecule has 2 aromatic rings. The predicted molar refractivity (Wildman–Crippen MR) is 120 cm³/mol. The van der Waals surface area contributed by atoms with E-state index < -0.39 is 0 Å². The lowest BCUT2D eigenvalue weighted by atomic mass is 10.0. The van der Waals surface area contributed by atoms with Crippen LogP contribution in [0.4, 0.5) is 15.3 Å². The van der Waals surface area contributed by atoms with Gasteiger partial charge in [-0.25, -0.2) is 9.59 Å². The van der Waals surface area contributed by atoms with Crippen molar-refractivity contribution in [2.24, 2.45) is 0 Å². The summed E-state index contributed by atoms with van der Waals surface area (Å²) < 4.78 is 0. The molecule has 0 unspecified atom stereocenters. The summed E-state index contributed by atoms with van der Waals surface area (Å²) in [4.78, 5) is 29.2. The van der Waals surface area contributed by atoms with E-state index in [0.29, 0.717) is 26.1 Å². The summed E-state index contributed by atoms with van der Waals surface area (Å²) in [6.07, 6.45) is 3.11. The van der Waals surface area contributed by atoms with E-state index in [1.807, 2.05) is 47.1 Å². The smallest absolute Gasteiger partial charge is 0.322 e. The topological polar surface area (TPSA) is 84.9 Å². The number of hydrogen-bond acceptors (Lipinski definition) is 3. The lowest BCUT2D eigenvalue weighted by Crippen LogP contribution is -2.52. The van der Waals surface area contributed by atoms with Gasteiger partial charge in [-0.2, -0.15) is 0 Å². The van der Waals surface area contributed by atoms with Crippen LogP contribution >= 0.6 is 0 Å². The SMILES string of the molecule is C[C@@H](Cc1ccc(O)cc1)NC(=O)N1CCC(N2CCc3ccccc3NC2=O)CC1. The van der Waals surface area contributed by atoms with Gasteiger partial charge >= 0.3 is 12.1 Å². The van der Waals surface area contributed by atoms with Gasteiger partial charge in [0, 0.05) is 37.4 Å². The van der Waals surface area contributed by atoms with E-state index in [-0.39, 0.29) is 29.9 Å². The van der Waals surface area contributed by atoms with Crippen molar-refractivity contribution in [3.63, 3.8) is 0 Å². The molecule has 0 saturated carbocycles. The van der Waals surface area contributed by atoms with Gasteiger partial charge in [0.25, 0.3) is 0 Å². The Labute approximate surface area is 183 Å². The van der Waals surface area contributed by atoms with Crippen LogP contribution in [0.25, 0.3) is 0 Å². The molecule has 164 valence electrons. The standard InChI is InChI=1S/C24H30N4O3/c1-17(16-18-6-8-21(29)9-7-18)25-23(30)27-13-11-20(12-14-27)28-15-10-19-4-2-3-5-22(19)26-24(28)31/h2-9,17,20,29H,10-16H2,1H3,(H,25,30)(H,26,31)/t17-/m0/s1. The molecular formula is C24H30N4O3. The first-order valence-electron chi connectivity index (χ1n) is 11.0. The number of hydrogen-bond donors (Lipinski definition) is 3. The lowest BCUT2D eigenvalue weighted by molar-refractivity contribution is 0.133. The Morgan fingerprint density at radius 2 is 1.84 bits per heavy atom. The Balaban J connectivity index is 1.27. The van der Waals surface area contributed by atoms with Gasteiger partial charge in [0.15, 0.2) is 0 Å². The molecule has 0 radical (unpaired) electrons. The molecule has 2 aliphatic heterocycles. The number of likely N-dealkylation sites (tertiary alicyclic amines) is 1. The van der Waals surface area contributed by atoms with E-state index in [2.05, 4.69) is 16.7 Å². The van der Waals surface area contributed by atoms with Crippen LogP contribution in [0.15, 0.2) is 48.5 Å². The van der Waals surface area contributed by atoms with E-state index >= 15 is 0 Å². The van der Waals surface area contributed by atoms with Crippen LogP contribution in [0.2, 0.25) is 0 Å². The number of urea groups is 2. The fourth-order valence-corrected chi connectivity index (χ4v) is 4.46. The van der Waals surface area contributed by atoms with E-state index in [0.717, 1.165) is 36.1 Å². The van der Waals surface area contributed by atoms with Gasteiger partial charge in [0.05, 0.1) is 0 Å². The number of fused-ring (bicyclic) bond motifs is 1. The number of carbonyl (C=O) groups is 2. The van der Waals surface area contributed by atoms with Crippen molar-refractivity contribution in [3.8, 4) is 5.75 Å². The summed E-state index contributed by atoms with van der Waals surface area (Å²) in [6.45, 7) is 3.96. The molecule has 0 aliphatic carbocycles. The second-order valence-electron chi connectivity index (χ2n) is 8.47. The minimum absolute atomic E-state index is 0.00958. The average molecular weight is 423 g/mol. The number of para-hydroxylation sites is 1. The zero-order valence-corrected chi connectivity index (χ0v) is 17.9. The number of piperidine rings is 1. The fourth-order valence-electron chi connectivity index (χ4n) is 4.46. The molecule has 7 nitrogen and oxygen atoms in total. The highest BCUT2D eigenvalue weighted by Crippen LogP contribution is 2.24. The van der Waals surface area contributed by atoms with Crippen molar-refractivity contribution in [2.45, 2.75) is 44.7 Å². The highest BCUT2D eigenvalue weighted by Gasteiger charge is 2.31. The lowest BCUT2D eigenvalue weighted by Gasteiger charge is -2.38. The van der Waals surface area contributed by atoms with Crippen LogP contribution in [0.3, 0.4) is 0 Å². The molecule has 2 heterocycles. The van der Waals surface area contributed by atoms with Crippen LogP contribution in [0.5, 0.6) is 5.75 Å². The Bertz CT molecular complexity index is 923. The van der Waals surface area contributed by atoms with Gasteiger partial charge < -0.3 is 25.5 Å². The molecular weight excluding hydrogens is 392 g/mol. The maximum Gasteiger partial charge on any atom is 0.322 e. The first kappa shape index (κ1) is 21.0. The minimum atomic E-state index is -0.0579. The Morgan fingerprint density at radius 1 is 1.13 bits per heavy atom. The normalized spacial score (nSPS) is 18.0. The second-order valence-corrected chi connectivity index (χ2v) is 8.47. The highest BCUT2D eigenvalue weighted by molar-refractivity contribution is 5.91. The van der Waals surface area contributed by atoms with Crippen molar-refractivity contribution >= 4 is 17.7 Å². The summed E-state index contributed by atoms with van der Waals surface area (Å²) in [5, 5.41) is 15.5. The largest absolute Gasteiger partial charge is 0.508 e.